The van der Waals surface area contributed by atoms with E-state index in [1.807, 2.05) is 0 Å². The van der Waals surface area contributed by atoms with Crippen LogP contribution in [0.2, 0.25) is 0 Å². The fraction of sp³-hybridized carbons (Fsp3) is 0.417. The summed E-state index contributed by atoms with van der Waals surface area (Å²) < 4.78 is 26.1. The Morgan fingerprint density at radius 3 is 2.26 bits per heavy atom. The third-order valence-corrected chi connectivity index (χ3v) is 5.35. The van der Waals surface area contributed by atoms with Gasteiger partial charge >= 0.3 is 0 Å². The van der Waals surface area contributed by atoms with Crippen molar-refractivity contribution in [3.63, 3.8) is 0 Å². The van der Waals surface area contributed by atoms with Crippen LogP contribution in [0, 0.1) is 0 Å². The van der Waals surface area contributed by atoms with Crippen LogP contribution in [0.1, 0.15) is 18.4 Å². The van der Waals surface area contributed by atoms with Crippen molar-refractivity contribution in [3.8, 4) is 0 Å². The lowest BCUT2D eigenvalue weighted by atomic mass is 10.1. The van der Waals surface area contributed by atoms with Crippen molar-refractivity contribution < 1.29 is 13.5 Å². The minimum absolute atomic E-state index is 0.226. The van der Waals surface area contributed by atoms with Crippen molar-refractivity contribution in [2.24, 2.45) is 5.73 Å². The Kier molecular flexibility index (Phi) is 4.19. The van der Waals surface area contributed by atoms with Gasteiger partial charge in [-0.15, -0.1) is 0 Å². The Balaban J connectivity index is 2.22. The number of rotatable bonds is 3. The van der Waals surface area contributed by atoms with E-state index in [-0.39, 0.29) is 9.88 Å². The largest absolute Gasteiger partial charge is 0.393 e. The summed E-state index contributed by atoms with van der Waals surface area (Å²) in [7, 11) is -3.49. The van der Waals surface area contributed by atoms with E-state index in [1.165, 1.54) is 16.4 Å². The standard InChI is InChI=1S/C12H16N2O3S2/c13-12(18)9-1-3-11(4-2-9)19(16,17)14-7-5-10(15)6-8-14/h1-4,10,15H,5-8H2,(H2,13,18). The second kappa shape index (κ2) is 5.54. The Hall–Kier alpha value is -1.02. The SMILES string of the molecule is NC(=S)c1ccc(S(=O)(=O)N2CCC(O)CC2)cc1. The lowest BCUT2D eigenvalue weighted by Gasteiger charge is -2.28. The number of nitrogens with two attached hydrogens (primary N) is 1. The summed E-state index contributed by atoms with van der Waals surface area (Å²) in [5.74, 6) is 0. The first kappa shape index (κ1) is 14.4. The van der Waals surface area contributed by atoms with Crippen molar-refractivity contribution in [1.29, 1.82) is 0 Å². The molecule has 2 rings (SSSR count). The number of benzene rings is 1. The van der Waals surface area contributed by atoms with Gasteiger partial charge in [0.1, 0.15) is 4.99 Å². The molecular weight excluding hydrogens is 284 g/mol. The van der Waals surface area contributed by atoms with E-state index >= 15 is 0 Å². The van der Waals surface area contributed by atoms with Gasteiger partial charge in [-0.2, -0.15) is 4.31 Å². The van der Waals surface area contributed by atoms with Crippen LogP contribution in [0.4, 0.5) is 0 Å². The second-order valence-electron chi connectivity index (χ2n) is 4.52. The van der Waals surface area contributed by atoms with Crippen molar-refractivity contribution in [2.45, 2.75) is 23.8 Å². The van der Waals surface area contributed by atoms with Crippen LogP contribution in [-0.2, 0) is 10.0 Å². The van der Waals surface area contributed by atoms with Crippen LogP contribution in [0.25, 0.3) is 0 Å². The fourth-order valence-electron chi connectivity index (χ4n) is 2.02. The van der Waals surface area contributed by atoms with Gasteiger partial charge in [-0.05, 0) is 25.0 Å². The predicted molar refractivity (Wildman–Crippen MR) is 76.3 cm³/mol. The average Bonchev–Trinajstić information content (AvgIpc) is 2.39. The first-order chi connectivity index (χ1) is 8.91. The normalized spacial score (nSPS) is 18.4. The molecule has 1 aliphatic heterocycles. The number of sulfonamides is 1. The van der Waals surface area contributed by atoms with Gasteiger partial charge in [0.2, 0.25) is 10.0 Å². The molecule has 3 N–H and O–H groups in total. The first-order valence-electron chi connectivity index (χ1n) is 5.99. The molecule has 1 aliphatic rings. The van der Waals surface area contributed by atoms with Gasteiger partial charge in [0.15, 0.2) is 0 Å². The highest BCUT2D eigenvalue weighted by Crippen LogP contribution is 2.21. The molecule has 1 aromatic rings. The maximum Gasteiger partial charge on any atom is 0.243 e. The number of hydrogen-bond acceptors (Lipinski definition) is 4. The van der Waals surface area contributed by atoms with E-state index in [4.69, 9.17) is 18.0 Å². The minimum atomic E-state index is -3.49. The van der Waals surface area contributed by atoms with Gasteiger partial charge in [0, 0.05) is 18.7 Å². The molecule has 0 unspecified atom stereocenters. The predicted octanol–water partition coefficient (Wildman–Crippen LogP) is 0.466. The van der Waals surface area contributed by atoms with Gasteiger partial charge in [-0.3, -0.25) is 0 Å². The van der Waals surface area contributed by atoms with Crippen LogP contribution in [0.15, 0.2) is 29.2 Å². The Labute approximate surface area is 118 Å². The molecule has 7 heteroatoms. The van der Waals surface area contributed by atoms with Gasteiger partial charge < -0.3 is 10.8 Å². The maximum atomic E-state index is 12.4. The van der Waals surface area contributed by atoms with Crippen LogP contribution in [-0.4, -0.2) is 42.0 Å². The molecule has 0 amide bonds. The maximum absolute atomic E-state index is 12.4. The summed E-state index contributed by atoms with van der Waals surface area (Å²) in [6.45, 7) is 0.696. The van der Waals surface area contributed by atoms with Crippen molar-refractivity contribution in [3.05, 3.63) is 29.8 Å². The van der Waals surface area contributed by atoms with Crippen molar-refractivity contribution >= 4 is 27.2 Å². The highest BCUT2D eigenvalue weighted by Gasteiger charge is 2.28. The van der Waals surface area contributed by atoms with Gasteiger partial charge in [0.25, 0.3) is 0 Å². The minimum Gasteiger partial charge on any atom is -0.393 e. The fourth-order valence-corrected chi connectivity index (χ4v) is 3.63. The summed E-state index contributed by atoms with van der Waals surface area (Å²) >= 11 is 4.83. The number of nitrogens with zero attached hydrogens (tertiary/aromatic N) is 1. The number of hydrogen-bond donors (Lipinski definition) is 2. The van der Waals surface area contributed by atoms with Crippen LogP contribution in [0.3, 0.4) is 0 Å². The van der Waals surface area contributed by atoms with Crippen molar-refractivity contribution in [2.75, 3.05) is 13.1 Å². The summed E-state index contributed by atoms with van der Waals surface area (Å²) in [5.41, 5.74) is 6.12. The van der Waals surface area contributed by atoms with Crippen LogP contribution in [0.5, 0.6) is 0 Å². The topological polar surface area (TPSA) is 83.6 Å². The lowest BCUT2D eigenvalue weighted by molar-refractivity contribution is 0.113. The van der Waals surface area contributed by atoms with E-state index in [0.717, 1.165) is 0 Å². The molecule has 0 radical (unpaired) electrons. The summed E-state index contributed by atoms with van der Waals surface area (Å²) in [6, 6.07) is 6.23. The van der Waals surface area contributed by atoms with Gasteiger partial charge in [-0.25, -0.2) is 8.42 Å². The van der Waals surface area contributed by atoms with Crippen LogP contribution < -0.4 is 5.73 Å². The highest BCUT2D eigenvalue weighted by atomic mass is 32.2. The molecule has 0 spiro atoms. The number of thiocarbonyl (C=S) groups is 1. The highest BCUT2D eigenvalue weighted by molar-refractivity contribution is 7.89. The van der Waals surface area contributed by atoms with E-state index in [1.54, 1.807) is 12.1 Å². The van der Waals surface area contributed by atoms with Crippen molar-refractivity contribution in [1.82, 2.24) is 4.31 Å². The molecule has 0 aliphatic carbocycles. The number of aliphatic hydroxyl groups excluding tert-OH is 1. The Morgan fingerprint density at radius 2 is 1.79 bits per heavy atom. The molecule has 0 bridgehead atoms. The van der Waals surface area contributed by atoms with E-state index in [0.29, 0.717) is 31.5 Å². The molecule has 0 aromatic heterocycles. The third-order valence-electron chi connectivity index (χ3n) is 3.20. The molecule has 1 aromatic carbocycles. The zero-order chi connectivity index (χ0) is 14.0. The summed E-state index contributed by atoms with van der Waals surface area (Å²) in [5, 5.41) is 9.41. The molecule has 0 atom stereocenters. The first-order valence-corrected chi connectivity index (χ1v) is 7.84. The third kappa shape index (κ3) is 3.11. The summed E-state index contributed by atoms with van der Waals surface area (Å²) in [6.07, 6.45) is 0.553. The zero-order valence-electron chi connectivity index (χ0n) is 10.3. The van der Waals surface area contributed by atoms with E-state index in [2.05, 4.69) is 0 Å². The van der Waals surface area contributed by atoms with E-state index < -0.39 is 16.1 Å². The average molecular weight is 300 g/mol. The molecule has 0 saturated carbocycles. The molecular formula is C12H16N2O3S2. The zero-order valence-corrected chi connectivity index (χ0v) is 12.0. The monoisotopic (exact) mass is 300 g/mol. The Morgan fingerprint density at radius 1 is 1.26 bits per heavy atom. The Bertz CT molecular complexity index is 561. The molecule has 19 heavy (non-hydrogen) atoms. The lowest BCUT2D eigenvalue weighted by Crippen LogP contribution is -2.39. The molecule has 5 nitrogen and oxygen atoms in total. The molecule has 1 saturated heterocycles. The number of piperidine rings is 1. The smallest absolute Gasteiger partial charge is 0.243 e. The number of aliphatic hydroxyl groups is 1. The molecule has 104 valence electrons. The van der Waals surface area contributed by atoms with Gasteiger partial charge in [0.05, 0.1) is 11.0 Å². The molecule has 1 heterocycles. The molecule has 1 fully saturated rings. The van der Waals surface area contributed by atoms with Crippen LogP contribution >= 0.6 is 12.2 Å². The van der Waals surface area contributed by atoms with E-state index in [9.17, 15) is 13.5 Å². The second-order valence-corrected chi connectivity index (χ2v) is 6.90. The quantitative estimate of drug-likeness (QED) is 0.793. The summed E-state index contributed by atoms with van der Waals surface area (Å²) in [4.78, 5) is 0.467. The van der Waals surface area contributed by atoms with Gasteiger partial charge in [-0.1, -0.05) is 24.4 Å².